The summed E-state index contributed by atoms with van der Waals surface area (Å²) >= 11 is 0. The molecule has 0 bridgehead atoms. The lowest BCUT2D eigenvalue weighted by Crippen LogP contribution is -2.31. The van der Waals surface area contributed by atoms with Crippen LogP contribution < -0.4 is 5.32 Å². The monoisotopic (exact) mass is 289 g/mol. The lowest BCUT2D eigenvalue weighted by molar-refractivity contribution is -0.167. The Morgan fingerprint density at radius 3 is 2.70 bits per heavy atom. The summed E-state index contributed by atoms with van der Waals surface area (Å²) in [6, 6.07) is 0. The predicted octanol–water partition coefficient (Wildman–Crippen LogP) is 1.17. The van der Waals surface area contributed by atoms with E-state index >= 15 is 0 Å². The highest BCUT2D eigenvalue weighted by Gasteiger charge is 2.39. The minimum absolute atomic E-state index is 0.234. The zero-order valence-corrected chi connectivity index (χ0v) is 10.1. The number of halogens is 3. The highest BCUT2D eigenvalue weighted by Crippen LogP contribution is 2.25. The topological polar surface area (TPSA) is 92.2 Å². The molecule has 0 aliphatic heterocycles. The number of carboxylic acid groups (broad SMARTS) is 1. The summed E-state index contributed by atoms with van der Waals surface area (Å²) < 4.78 is 36.2. The molecule has 0 fully saturated rings. The number of aliphatic carboxylic acids is 1. The molecule has 9 heteroatoms. The lowest BCUT2D eigenvalue weighted by Gasteiger charge is -2.20. The van der Waals surface area contributed by atoms with Gasteiger partial charge in [-0.3, -0.25) is 14.9 Å². The number of fused-ring (bicyclic) bond motifs is 1. The number of alkyl halides is 3. The maximum atomic E-state index is 12.1. The van der Waals surface area contributed by atoms with E-state index in [2.05, 4.69) is 9.97 Å². The second-order valence-electron chi connectivity index (χ2n) is 4.40. The van der Waals surface area contributed by atoms with Crippen molar-refractivity contribution >= 4 is 17.8 Å². The Morgan fingerprint density at radius 2 is 2.10 bits per heavy atom. The minimum atomic E-state index is -5.01. The molecule has 0 radical (unpaired) electrons. The normalized spacial score (nSPS) is 18.2. The lowest BCUT2D eigenvalue weighted by atomic mass is 9.87. The second-order valence-corrected chi connectivity index (χ2v) is 4.40. The van der Waals surface area contributed by atoms with Crippen LogP contribution in [0, 0.1) is 5.92 Å². The number of aryl methyl sites for hydroxylation is 1. The average Bonchev–Trinajstić information content (AvgIpc) is 2.36. The summed E-state index contributed by atoms with van der Waals surface area (Å²) in [6.45, 7) is 0. The standard InChI is InChI=1S/C11H10F3N3O3/c12-11(13,14)9(20)17-10-15-4-6-3-5(8(18)19)1-2-7(6)16-10/h4-5H,1-3H2,(H,18,19)(H,15,16,17,20). The van der Waals surface area contributed by atoms with Gasteiger partial charge in [0, 0.05) is 11.9 Å². The fourth-order valence-corrected chi connectivity index (χ4v) is 1.95. The number of carbonyl (C=O) groups is 2. The van der Waals surface area contributed by atoms with Crippen molar-refractivity contribution in [3.8, 4) is 0 Å². The maximum Gasteiger partial charge on any atom is 0.471 e. The summed E-state index contributed by atoms with van der Waals surface area (Å²) in [5, 5.41) is 10.5. The largest absolute Gasteiger partial charge is 0.481 e. The van der Waals surface area contributed by atoms with Crippen molar-refractivity contribution in [2.24, 2.45) is 5.92 Å². The van der Waals surface area contributed by atoms with E-state index in [4.69, 9.17) is 5.11 Å². The van der Waals surface area contributed by atoms with E-state index in [0.717, 1.165) is 0 Å². The number of anilines is 1. The molecule has 1 atom stereocenters. The van der Waals surface area contributed by atoms with Gasteiger partial charge in [-0.2, -0.15) is 13.2 Å². The number of amides is 1. The van der Waals surface area contributed by atoms with Gasteiger partial charge in [0.1, 0.15) is 0 Å². The molecule has 1 aromatic rings. The van der Waals surface area contributed by atoms with Gasteiger partial charge in [-0.1, -0.05) is 0 Å². The van der Waals surface area contributed by atoms with Gasteiger partial charge in [-0.15, -0.1) is 0 Å². The second kappa shape index (κ2) is 5.06. The number of hydrogen-bond donors (Lipinski definition) is 2. The van der Waals surface area contributed by atoms with Crippen LogP contribution in [0.4, 0.5) is 19.1 Å². The Kier molecular flexibility index (Phi) is 3.60. The van der Waals surface area contributed by atoms with Gasteiger partial charge in [0.2, 0.25) is 5.95 Å². The Hall–Kier alpha value is -2.19. The molecule has 108 valence electrons. The zero-order valence-electron chi connectivity index (χ0n) is 10.1. The highest BCUT2D eigenvalue weighted by molar-refractivity contribution is 5.93. The minimum Gasteiger partial charge on any atom is -0.481 e. The van der Waals surface area contributed by atoms with Gasteiger partial charge in [0.15, 0.2) is 0 Å². The molecule has 0 aromatic carbocycles. The Labute approximate surface area is 111 Å². The van der Waals surface area contributed by atoms with E-state index in [1.165, 1.54) is 6.20 Å². The number of aromatic nitrogens is 2. The van der Waals surface area contributed by atoms with E-state index in [1.807, 2.05) is 0 Å². The Bertz CT molecular complexity index is 560. The number of rotatable bonds is 2. The summed E-state index contributed by atoms with van der Waals surface area (Å²) in [5.74, 6) is -4.04. The summed E-state index contributed by atoms with van der Waals surface area (Å²) in [7, 11) is 0. The van der Waals surface area contributed by atoms with Crippen LogP contribution in [-0.4, -0.2) is 33.1 Å². The molecule has 2 N–H and O–H groups in total. The van der Waals surface area contributed by atoms with Crippen molar-refractivity contribution in [2.75, 3.05) is 5.32 Å². The van der Waals surface area contributed by atoms with Crippen LogP contribution in [0.2, 0.25) is 0 Å². The van der Waals surface area contributed by atoms with Gasteiger partial charge in [0.05, 0.1) is 5.92 Å². The van der Waals surface area contributed by atoms with Gasteiger partial charge in [0.25, 0.3) is 0 Å². The smallest absolute Gasteiger partial charge is 0.471 e. The molecular formula is C11H10F3N3O3. The first-order valence-electron chi connectivity index (χ1n) is 5.73. The highest BCUT2D eigenvalue weighted by atomic mass is 19.4. The third-order valence-electron chi connectivity index (χ3n) is 2.98. The Morgan fingerprint density at radius 1 is 1.40 bits per heavy atom. The number of nitrogens with one attached hydrogen (secondary N) is 1. The van der Waals surface area contributed by atoms with Crippen molar-refractivity contribution in [2.45, 2.75) is 25.4 Å². The average molecular weight is 289 g/mol. The van der Waals surface area contributed by atoms with Crippen LogP contribution in [0.3, 0.4) is 0 Å². The van der Waals surface area contributed by atoms with Crippen LogP contribution in [-0.2, 0) is 22.4 Å². The van der Waals surface area contributed by atoms with Crippen molar-refractivity contribution in [1.82, 2.24) is 9.97 Å². The molecule has 1 amide bonds. The molecule has 1 aliphatic carbocycles. The van der Waals surface area contributed by atoms with E-state index < -0.39 is 29.9 Å². The van der Waals surface area contributed by atoms with E-state index in [-0.39, 0.29) is 6.42 Å². The third kappa shape index (κ3) is 3.03. The summed E-state index contributed by atoms with van der Waals surface area (Å²) in [4.78, 5) is 29.0. The molecule has 0 spiro atoms. The first-order chi connectivity index (χ1) is 9.27. The summed E-state index contributed by atoms with van der Waals surface area (Å²) in [5.41, 5.74) is 1.05. The SMILES string of the molecule is O=C(O)C1CCc2nc(NC(=O)C(F)(F)F)ncc2C1. The molecule has 1 aromatic heterocycles. The van der Waals surface area contributed by atoms with Gasteiger partial charge in [-0.05, 0) is 24.8 Å². The molecule has 1 aliphatic rings. The van der Waals surface area contributed by atoms with Crippen LogP contribution in [0.5, 0.6) is 0 Å². The molecule has 2 rings (SSSR count). The number of carbonyl (C=O) groups excluding carboxylic acids is 1. The molecule has 0 saturated carbocycles. The van der Waals surface area contributed by atoms with Crippen molar-refractivity contribution < 1.29 is 27.9 Å². The fourth-order valence-electron chi connectivity index (χ4n) is 1.95. The summed E-state index contributed by atoms with van der Waals surface area (Å²) in [6.07, 6.45) is -2.84. The van der Waals surface area contributed by atoms with Crippen LogP contribution in [0.1, 0.15) is 17.7 Å². The maximum absolute atomic E-state index is 12.1. The number of nitrogens with zero attached hydrogens (tertiary/aromatic N) is 2. The van der Waals surface area contributed by atoms with Gasteiger partial charge >= 0.3 is 18.1 Å². The zero-order chi connectivity index (χ0) is 14.9. The molecule has 0 saturated heterocycles. The molecule has 20 heavy (non-hydrogen) atoms. The third-order valence-corrected chi connectivity index (χ3v) is 2.98. The van der Waals surface area contributed by atoms with Gasteiger partial charge in [-0.25, -0.2) is 9.97 Å². The Balaban J connectivity index is 2.14. The fraction of sp³-hybridized carbons (Fsp3) is 0.455. The van der Waals surface area contributed by atoms with Crippen molar-refractivity contribution in [1.29, 1.82) is 0 Å². The first-order valence-corrected chi connectivity index (χ1v) is 5.73. The van der Waals surface area contributed by atoms with Crippen molar-refractivity contribution in [3.05, 3.63) is 17.5 Å². The molecular weight excluding hydrogens is 279 g/mol. The van der Waals surface area contributed by atoms with Gasteiger partial charge < -0.3 is 5.11 Å². The molecule has 1 unspecified atom stereocenters. The molecule has 1 heterocycles. The predicted molar refractivity (Wildman–Crippen MR) is 59.9 cm³/mol. The van der Waals surface area contributed by atoms with Crippen LogP contribution >= 0.6 is 0 Å². The number of hydrogen-bond acceptors (Lipinski definition) is 4. The van der Waals surface area contributed by atoms with E-state index in [1.54, 1.807) is 5.32 Å². The van der Waals surface area contributed by atoms with Crippen LogP contribution in [0.15, 0.2) is 6.20 Å². The van der Waals surface area contributed by atoms with E-state index in [0.29, 0.717) is 24.1 Å². The van der Waals surface area contributed by atoms with E-state index in [9.17, 15) is 22.8 Å². The van der Waals surface area contributed by atoms with Crippen molar-refractivity contribution in [3.63, 3.8) is 0 Å². The van der Waals surface area contributed by atoms with Crippen LogP contribution in [0.25, 0.3) is 0 Å². The first kappa shape index (κ1) is 14.2. The number of carboxylic acids is 1. The molecule has 6 nitrogen and oxygen atoms in total. The quantitative estimate of drug-likeness (QED) is 0.852.